The number of hydrogen-bond acceptors (Lipinski definition) is 3. The molecule has 0 aliphatic carbocycles. The lowest BCUT2D eigenvalue weighted by Crippen LogP contribution is -2.36. The van der Waals surface area contributed by atoms with Gasteiger partial charge in [-0.05, 0) is 13.3 Å². The maximum Gasteiger partial charge on any atom is 0.0998 e. The van der Waals surface area contributed by atoms with Gasteiger partial charge in [-0.3, -0.25) is 4.90 Å². The van der Waals surface area contributed by atoms with Gasteiger partial charge in [0.2, 0.25) is 0 Å². The molecular formula is C6H13NOS. The summed E-state index contributed by atoms with van der Waals surface area (Å²) >= 11 is 4.29. The molecule has 1 saturated heterocycles. The number of hydrogen-bond donors (Lipinski definition) is 1. The van der Waals surface area contributed by atoms with Crippen molar-refractivity contribution in [3.8, 4) is 0 Å². The normalized spacial score (nSPS) is 26.0. The molecule has 1 heterocycles. The molecule has 3 heteroatoms. The minimum Gasteiger partial charge on any atom is -0.366 e. The van der Waals surface area contributed by atoms with Crippen molar-refractivity contribution in [1.82, 2.24) is 4.90 Å². The Balaban J connectivity index is 2.23. The maximum absolute atomic E-state index is 5.22. The number of rotatable bonds is 1. The van der Waals surface area contributed by atoms with Crippen LogP contribution in [0.4, 0.5) is 0 Å². The van der Waals surface area contributed by atoms with Crippen molar-refractivity contribution in [2.24, 2.45) is 0 Å². The van der Waals surface area contributed by atoms with Gasteiger partial charge in [0, 0.05) is 13.2 Å². The van der Waals surface area contributed by atoms with Crippen LogP contribution in [0, 0.1) is 0 Å². The van der Waals surface area contributed by atoms with Crippen LogP contribution in [0.3, 0.4) is 0 Å². The summed E-state index contributed by atoms with van der Waals surface area (Å²) in [5.41, 5.74) is 0. The van der Waals surface area contributed by atoms with Crippen LogP contribution in [0.2, 0.25) is 0 Å². The molecule has 9 heavy (non-hydrogen) atoms. The zero-order chi connectivity index (χ0) is 6.69. The lowest BCUT2D eigenvalue weighted by Gasteiger charge is -2.29. The Labute approximate surface area is 61.6 Å². The van der Waals surface area contributed by atoms with Crippen LogP contribution in [-0.2, 0) is 4.74 Å². The Morgan fingerprint density at radius 1 is 1.67 bits per heavy atom. The first kappa shape index (κ1) is 7.38. The van der Waals surface area contributed by atoms with Gasteiger partial charge < -0.3 is 4.74 Å². The van der Waals surface area contributed by atoms with Crippen molar-refractivity contribution in [1.29, 1.82) is 0 Å². The smallest absolute Gasteiger partial charge is 0.0998 e. The monoisotopic (exact) mass is 147 g/mol. The molecule has 0 radical (unpaired) electrons. The van der Waals surface area contributed by atoms with E-state index in [1.807, 2.05) is 0 Å². The minimum atomic E-state index is 0.338. The summed E-state index contributed by atoms with van der Waals surface area (Å²) < 4.78 is 5.22. The molecule has 0 amide bonds. The molecular weight excluding hydrogens is 134 g/mol. The molecule has 0 aromatic rings. The van der Waals surface area contributed by atoms with E-state index in [0.29, 0.717) is 5.37 Å². The van der Waals surface area contributed by atoms with Crippen molar-refractivity contribution in [3.05, 3.63) is 0 Å². The van der Waals surface area contributed by atoms with E-state index in [4.69, 9.17) is 4.74 Å². The largest absolute Gasteiger partial charge is 0.366 e. The highest BCUT2D eigenvalue weighted by Gasteiger charge is 2.12. The Hall–Kier alpha value is 0.270. The molecule has 0 saturated carbocycles. The van der Waals surface area contributed by atoms with Crippen molar-refractivity contribution < 1.29 is 4.74 Å². The van der Waals surface area contributed by atoms with Crippen molar-refractivity contribution in [2.45, 2.75) is 18.7 Å². The topological polar surface area (TPSA) is 12.5 Å². The van der Waals surface area contributed by atoms with Crippen molar-refractivity contribution in [2.75, 3.05) is 19.9 Å². The van der Waals surface area contributed by atoms with E-state index in [9.17, 15) is 0 Å². The summed E-state index contributed by atoms with van der Waals surface area (Å²) in [5.74, 6) is 0. The molecule has 1 atom stereocenters. The van der Waals surface area contributed by atoms with Crippen LogP contribution in [-0.4, -0.2) is 30.2 Å². The summed E-state index contributed by atoms with van der Waals surface area (Å²) in [5, 5.41) is 0.338. The minimum absolute atomic E-state index is 0.338. The van der Waals surface area contributed by atoms with Crippen LogP contribution < -0.4 is 0 Å². The third-order valence-corrected chi connectivity index (χ3v) is 1.85. The van der Waals surface area contributed by atoms with Gasteiger partial charge in [-0.1, -0.05) is 0 Å². The molecule has 54 valence electrons. The molecule has 1 aliphatic heterocycles. The van der Waals surface area contributed by atoms with Crippen LogP contribution in [0.1, 0.15) is 13.3 Å². The molecule has 0 bridgehead atoms. The van der Waals surface area contributed by atoms with Crippen LogP contribution in [0.5, 0.6) is 0 Å². The van der Waals surface area contributed by atoms with Gasteiger partial charge in [0.1, 0.15) is 0 Å². The molecule has 2 nitrogen and oxygen atoms in total. The maximum atomic E-state index is 5.22. The molecule has 0 aromatic carbocycles. The number of thiol groups is 1. The molecule has 0 N–H and O–H groups in total. The zero-order valence-corrected chi connectivity index (χ0v) is 6.60. The standard InChI is InChI=1S/C6H13NOS/c1-6(9)7-3-2-4-8-5-7/h6,9H,2-5H2,1H3/t6-/m0/s1. The first-order chi connectivity index (χ1) is 4.30. The van der Waals surface area contributed by atoms with Gasteiger partial charge in [0.05, 0.1) is 12.1 Å². The van der Waals surface area contributed by atoms with E-state index in [0.717, 1.165) is 26.3 Å². The Kier molecular flexibility index (Phi) is 2.82. The van der Waals surface area contributed by atoms with E-state index in [-0.39, 0.29) is 0 Å². The average molecular weight is 147 g/mol. The highest BCUT2D eigenvalue weighted by atomic mass is 32.1. The molecule has 0 aromatic heterocycles. The van der Waals surface area contributed by atoms with E-state index in [2.05, 4.69) is 24.5 Å². The summed E-state index contributed by atoms with van der Waals surface area (Å²) in [6.45, 7) is 4.87. The lowest BCUT2D eigenvalue weighted by molar-refractivity contribution is -0.0161. The van der Waals surface area contributed by atoms with Crippen molar-refractivity contribution >= 4 is 12.6 Å². The van der Waals surface area contributed by atoms with E-state index in [1.54, 1.807) is 0 Å². The molecule has 0 unspecified atom stereocenters. The van der Waals surface area contributed by atoms with Crippen LogP contribution in [0.15, 0.2) is 0 Å². The number of nitrogens with zero attached hydrogens (tertiary/aromatic N) is 1. The highest BCUT2D eigenvalue weighted by molar-refractivity contribution is 7.80. The van der Waals surface area contributed by atoms with E-state index >= 15 is 0 Å². The first-order valence-electron chi connectivity index (χ1n) is 3.30. The second-order valence-corrected chi connectivity index (χ2v) is 3.08. The molecule has 1 aliphatic rings. The molecule has 0 spiro atoms. The van der Waals surface area contributed by atoms with Gasteiger partial charge >= 0.3 is 0 Å². The SMILES string of the molecule is C[C@H](S)N1CCCOC1. The highest BCUT2D eigenvalue weighted by Crippen LogP contribution is 2.07. The lowest BCUT2D eigenvalue weighted by atomic mass is 10.4. The van der Waals surface area contributed by atoms with Crippen LogP contribution in [0.25, 0.3) is 0 Å². The Morgan fingerprint density at radius 2 is 2.44 bits per heavy atom. The zero-order valence-electron chi connectivity index (χ0n) is 5.71. The molecule has 1 fully saturated rings. The summed E-state index contributed by atoms with van der Waals surface area (Å²) in [6.07, 6.45) is 1.14. The van der Waals surface area contributed by atoms with Crippen molar-refractivity contribution in [3.63, 3.8) is 0 Å². The van der Waals surface area contributed by atoms with Gasteiger partial charge in [0.25, 0.3) is 0 Å². The van der Waals surface area contributed by atoms with E-state index in [1.165, 1.54) is 0 Å². The Morgan fingerprint density at radius 3 is 2.78 bits per heavy atom. The van der Waals surface area contributed by atoms with Gasteiger partial charge in [-0.15, -0.1) is 0 Å². The first-order valence-corrected chi connectivity index (χ1v) is 3.82. The van der Waals surface area contributed by atoms with Gasteiger partial charge in [-0.25, -0.2) is 0 Å². The third-order valence-electron chi connectivity index (χ3n) is 1.52. The third kappa shape index (κ3) is 2.16. The summed E-state index contributed by atoms with van der Waals surface area (Å²) in [7, 11) is 0. The van der Waals surface area contributed by atoms with Gasteiger partial charge in [0.15, 0.2) is 0 Å². The second kappa shape index (κ2) is 3.44. The fourth-order valence-corrected chi connectivity index (χ4v) is 1.09. The van der Waals surface area contributed by atoms with Gasteiger partial charge in [-0.2, -0.15) is 12.6 Å². The molecule has 1 rings (SSSR count). The summed E-state index contributed by atoms with van der Waals surface area (Å²) in [4.78, 5) is 2.20. The Bertz CT molecular complexity index is 81.1. The van der Waals surface area contributed by atoms with E-state index < -0.39 is 0 Å². The fourth-order valence-electron chi connectivity index (χ4n) is 0.911. The predicted octanol–water partition coefficient (Wildman–Crippen LogP) is 0.942. The predicted molar refractivity (Wildman–Crippen MR) is 40.6 cm³/mol. The quantitative estimate of drug-likeness (QED) is 0.554. The van der Waals surface area contributed by atoms with Crippen LogP contribution >= 0.6 is 12.6 Å². The average Bonchev–Trinajstić information content (AvgIpc) is 1.90. The number of ether oxygens (including phenoxy) is 1. The summed E-state index contributed by atoms with van der Waals surface area (Å²) in [6, 6.07) is 0. The fraction of sp³-hybridized carbons (Fsp3) is 1.00. The second-order valence-electron chi connectivity index (χ2n) is 2.34.